The van der Waals surface area contributed by atoms with Gasteiger partial charge < -0.3 is 5.32 Å². The number of fused-ring (bicyclic) bond motifs is 1. The highest BCUT2D eigenvalue weighted by Gasteiger charge is 2.13. The first-order valence-corrected chi connectivity index (χ1v) is 4.86. The molecule has 0 radical (unpaired) electrons. The summed E-state index contributed by atoms with van der Waals surface area (Å²) in [4.78, 5) is 0. The molecule has 1 N–H and O–H groups in total. The third-order valence-corrected chi connectivity index (χ3v) is 2.58. The Kier molecular flexibility index (Phi) is 2.21. The number of anilines is 1. The Bertz CT molecular complexity index is 320. The molecule has 13 heavy (non-hydrogen) atoms. The van der Waals surface area contributed by atoms with Crippen LogP contribution >= 0.6 is 0 Å². The van der Waals surface area contributed by atoms with Crippen LogP contribution in [0.2, 0.25) is 0 Å². The van der Waals surface area contributed by atoms with E-state index in [0.29, 0.717) is 0 Å². The first kappa shape index (κ1) is 8.54. The SMILES string of the molecule is CCc1cc(F)c2c(c1)NCCC2. The standard InChI is InChI=1S/C11H14FN/c1-2-8-6-10(12)9-4-3-5-13-11(9)7-8/h6-7,13H,2-5H2,1H3. The molecule has 1 aliphatic rings. The van der Waals surface area contributed by atoms with Crippen LogP contribution < -0.4 is 5.32 Å². The van der Waals surface area contributed by atoms with Crippen LogP contribution in [0.3, 0.4) is 0 Å². The second-order valence-electron chi connectivity index (χ2n) is 3.49. The molecular weight excluding hydrogens is 165 g/mol. The van der Waals surface area contributed by atoms with Crippen LogP contribution in [0, 0.1) is 5.82 Å². The van der Waals surface area contributed by atoms with E-state index in [4.69, 9.17) is 0 Å². The van der Waals surface area contributed by atoms with Crippen molar-refractivity contribution in [3.8, 4) is 0 Å². The Morgan fingerprint density at radius 3 is 3.08 bits per heavy atom. The summed E-state index contributed by atoms with van der Waals surface area (Å²) in [6.45, 7) is 3.02. The molecule has 0 atom stereocenters. The van der Waals surface area contributed by atoms with Gasteiger partial charge in [-0.05, 0) is 37.0 Å². The van der Waals surface area contributed by atoms with Gasteiger partial charge in [0, 0.05) is 17.8 Å². The Balaban J connectivity index is 2.47. The van der Waals surface area contributed by atoms with Gasteiger partial charge in [-0.2, -0.15) is 0 Å². The number of aryl methyl sites for hydroxylation is 1. The lowest BCUT2D eigenvalue weighted by Crippen LogP contribution is -2.13. The third-order valence-electron chi connectivity index (χ3n) is 2.58. The zero-order valence-electron chi connectivity index (χ0n) is 7.86. The molecule has 1 aliphatic heterocycles. The maximum atomic E-state index is 13.5. The normalized spacial score (nSPS) is 14.9. The number of hydrogen-bond acceptors (Lipinski definition) is 1. The predicted octanol–water partition coefficient (Wildman–Crippen LogP) is 2.75. The summed E-state index contributed by atoms with van der Waals surface area (Å²) in [5.74, 6) is -0.0402. The first-order chi connectivity index (χ1) is 6.31. The number of rotatable bonds is 1. The molecule has 1 aromatic carbocycles. The summed E-state index contributed by atoms with van der Waals surface area (Å²) < 4.78 is 13.5. The summed E-state index contributed by atoms with van der Waals surface area (Å²) in [5, 5.41) is 3.24. The van der Waals surface area contributed by atoms with Crippen LogP contribution in [0.15, 0.2) is 12.1 Å². The Morgan fingerprint density at radius 2 is 2.31 bits per heavy atom. The van der Waals surface area contributed by atoms with E-state index in [2.05, 4.69) is 11.4 Å². The lowest BCUT2D eigenvalue weighted by Gasteiger charge is -2.19. The maximum Gasteiger partial charge on any atom is 0.128 e. The number of halogens is 1. The second kappa shape index (κ2) is 3.36. The van der Waals surface area contributed by atoms with E-state index in [9.17, 15) is 4.39 Å². The van der Waals surface area contributed by atoms with Crippen molar-refractivity contribution < 1.29 is 4.39 Å². The molecule has 0 saturated heterocycles. The van der Waals surface area contributed by atoms with Crippen molar-refractivity contribution in [2.75, 3.05) is 11.9 Å². The summed E-state index contributed by atoms with van der Waals surface area (Å²) in [6, 6.07) is 3.73. The van der Waals surface area contributed by atoms with Gasteiger partial charge in [-0.15, -0.1) is 0 Å². The molecule has 0 fully saturated rings. The molecular formula is C11H14FN. The van der Waals surface area contributed by atoms with Gasteiger partial charge in [-0.25, -0.2) is 4.39 Å². The van der Waals surface area contributed by atoms with E-state index in [1.54, 1.807) is 6.07 Å². The molecule has 0 unspecified atom stereocenters. The lowest BCUT2D eigenvalue weighted by atomic mass is 10.00. The van der Waals surface area contributed by atoms with Crippen molar-refractivity contribution >= 4 is 5.69 Å². The fourth-order valence-electron chi connectivity index (χ4n) is 1.80. The third kappa shape index (κ3) is 1.53. The van der Waals surface area contributed by atoms with Gasteiger partial charge in [-0.1, -0.05) is 6.92 Å². The van der Waals surface area contributed by atoms with Crippen LogP contribution in [-0.2, 0) is 12.8 Å². The van der Waals surface area contributed by atoms with Crippen molar-refractivity contribution in [1.29, 1.82) is 0 Å². The van der Waals surface area contributed by atoms with Crippen molar-refractivity contribution in [1.82, 2.24) is 0 Å². The highest BCUT2D eigenvalue weighted by Crippen LogP contribution is 2.26. The van der Waals surface area contributed by atoms with Crippen LogP contribution in [0.5, 0.6) is 0 Å². The van der Waals surface area contributed by atoms with Gasteiger partial charge in [0.1, 0.15) is 5.82 Å². The van der Waals surface area contributed by atoms with Crippen LogP contribution in [-0.4, -0.2) is 6.54 Å². The minimum Gasteiger partial charge on any atom is -0.385 e. The molecule has 0 aromatic heterocycles. The second-order valence-corrected chi connectivity index (χ2v) is 3.49. The van der Waals surface area contributed by atoms with Crippen molar-refractivity contribution in [2.24, 2.45) is 0 Å². The molecule has 2 heteroatoms. The Labute approximate surface area is 78.0 Å². The van der Waals surface area contributed by atoms with E-state index >= 15 is 0 Å². The van der Waals surface area contributed by atoms with Crippen molar-refractivity contribution in [3.05, 3.63) is 29.1 Å². The average Bonchev–Trinajstić information content (AvgIpc) is 2.18. The topological polar surface area (TPSA) is 12.0 Å². The average molecular weight is 179 g/mol. The minimum absolute atomic E-state index is 0.0402. The molecule has 0 saturated carbocycles. The molecule has 1 aromatic rings. The molecule has 1 nitrogen and oxygen atoms in total. The van der Waals surface area contributed by atoms with Gasteiger partial charge in [0.05, 0.1) is 0 Å². The van der Waals surface area contributed by atoms with E-state index in [1.807, 2.05) is 6.92 Å². The molecule has 0 amide bonds. The number of nitrogens with one attached hydrogen (secondary N) is 1. The fraction of sp³-hybridized carbons (Fsp3) is 0.455. The largest absolute Gasteiger partial charge is 0.385 e. The van der Waals surface area contributed by atoms with Crippen LogP contribution in [0.1, 0.15) is 24.5 Å². The number of benzene rings is 1. The highest BCUT2D eigenvalue weighted by atomic mass is 19.1. The zero-order chi connectivity index (χ0) is 9.26. The van der Waals surface area contributed by atoms with E-state index < -0.39 is 0 Å². The summed E-state index contributed by atoms with van der Waals surface area (Å²) in [6.07, 6.45) is 2.80. The van der Waals surface area contributed by atoms with Gasteiger partial charge in [0.15, 0.2) is 0 Å². The maximum absolute atomic E-state index is 13.5. The molecule has 1 heterocycles. The quantitative estimate of drug-likeness (QED) is 0.699. The van der Waals surface area contributed by atoms with Gasteiger partial charge in [-0.3, -0.25) is 0 Å². The predicted molar refractivity (Wildman–Crippen MR) is 52.6 cm³/mol. The van der Waals surface area contributed by atoms with Crippen LogP contribution in [0.25, 0.3) is 0 Å². The summed E-state index contributed by atoms with van der Waals surface area (Å²) >= 11 is 0. The highest BCUT2D eigenvalue weighted by molar-refractivity contribution is 5.55. The minimum atomic E-state index is -0.0402. The van der Waals surface area contributed by atoms with E-state index in [1.165, 1.54) is 0 Å². The molecule has 70 valence electrons. The van der Waals surface area contributed by atoms with Crippen molar-refractivity contribution in [3.63, 3.8) is 0 Å². The number of hydrogen-bond donors (Lipinski definition) is 1. The van der Waals surface area contributed by atoms with Gasteiger partial charge in [0.2, 0.25) is 0 Å². The Hall–Kier alpha value is -1.05. The summed E-state index contributed by atoms with van der Waals surface area (Å²) in [7, 11) is 0. The molecule has 0 bridgehead atoms. The Morgan fingerprint density at radius 1 is 1.46 bits per heavy atom. The van der Waals surface area contributed by atoms with Crippen LogP contribution in [0.4, 0.5) is 10.1 Å². The van der Waals surface area contributed by atoms with E-state index in [-0.39, 0.29) is 5.82 Å². The van der Waals surface area contributed by atoms with Gasteiger partial charge >= 0.3 is 0 Å². The first-order valence-electron chi connectivity index (χ1n) is 4.86. The molecule has 0 spiro atoms. The van der Waals surface area contributed by atoms with E-state index in [0.717, 1.165) is 42.6 Å². The monoisotopic (exact) mass is 179 g/mol. The fourth-order valence-corrected chi connectivity index (χ4v) is 1.80. The lowest BCUT2D eigenvalue weighted by molar-refractivity contribution is 0.600. The molecule has 2 rings (SSSR count). The molecule has 0 aliphatic carbocycles. The van der Waals surface area contributed by atoms with Crippen molar-refractivity contribution in [2.45, 2.75) is 26.2 Å². The van der Waals surface area contributed by atoms with Gasteiger partial charge in [0.25, 0.3) is 0 Å². The zero-order valence-corrected chi connectivity index (χ0v) is 7.86. The smallest absolute Gasteiger partial charge is 0.128 e. The summed E-state index contributed by atoms with van der Waals surface area (Å²) in [5.41, 5.74) is 2.94.